The molecule has 0 radical (unpaired) electrons. The molecule has 24 heavy (non-hydrogen) atoms. The van der Waals surface area contributed by atoms with E-state index in [0.29, 0.717) is 0 Å². The Morgan fingerprint density at radius 2 is 0.958 bits per heavy atom. The van der Waals surface area contributed by atoms with Crippen molar-refractivity contribution in [1.82, 2.24) is 0 Å². The van der Waals surface area contributed by atoms with Gasteiger partial charge in [-0.05, 0) is 12.1 Å². The van der Waals surface area contributed by atoms with Gasteiger partial charge in [0.1, 0.15) is 0 Å². The number of hydrogen-bond acceptors (Lipinski definition) is 2. The smallest absolute Gasteiger partial charge is 0.377 e. The first-order chi connectivity index (χ1) is 10.8. The molecule has 0 aliphatic carbocycles. The molecule has 1 aromatic carbocycles. The normalized spacial score (nSPS) is 11.1. The van der Waals surface area contributed by atoms with Gasteiger partial charge in [-0.3, -0.25) is 0 Å². The Balaban J connectivity index is 3.60. The monoisotopic (exact) mass is 348 g/mol. The molecule has 0 amide bonds. The lowest BCUT2D eigenvalue weighted by Gasteiger charge is -2.21. The maximum absolute atomic E-state index is 12.3. The standard InChI is InChI=1S/C16H14F6N2/c1-23(2)13-9-12(6-8-16(20,21)22)14(24(3)4)10-11(13)5-7-15(17,18)19/h9-10H,1-4H3. The summed E-state index contributed by atoms with van der Waals surface area (Å²) in [4.78, 5) is 2.91. The van der Waals surface area contributed by atoms with Gasteiger partial charge in [0.25, 0.3) is 0 Å². The highest BCUT2D eigenvalue weighted by Crippen LogP contribution is 2.29. The average molecular weight is 348 g/mol. The molecular formula is C16H14F6N2. The molecule has 0 saturated heterocycles. The summed E-state index contributed by atoms with van der Waals surface area (Å²) < 4.78 is 73.9. The Labute approximate surface area is 136 Å². The van der Waals surface area contributed by atoms with E-state index in [-0.39, 0.29) is 22.5 Å². The summed E-state index contributed by atoms with van der Waals surface area (Å²) in [5.74, 6) is 6.36. The minimum atomic E-state index is -4.67. The Morgan fingerprint density at radius 3 is 1.17 bits per heavy atom. The van der Waals surface area contributed by atoms with Crippen LogP contribution in [0.4, 0.5) is 37.7 Å². The Bertz CT molecular complexity index is 658. The Morgan fingerprint density at radius 1 is 0.667 bits per heavy atom. The van der Waals surface area contributed by atoms with Crippen molar-refractivity contribution in [2.45, 2.75) is 12.4 Å². The maximum atomic E-state index is 12.3. The summed E-state index contributed by atoms with van der Waals surface area (Å²) in [6, 6.07) is 2.57. The van der Waals surface area contributed by atoms with E-state index in [0.717, 1.165) is 11.8 Å². The van der Waals surface area contributed by atoms with Gasteiger partial charge in [0, 0.05) is 40.0 Å². The molecule has 0 aromatic heterocycles. The lowest BCUT2D eigenvalue weighted by molar-refractivity contribution is -0.0706. The van der Waals surface area contributed by atoms with Gasteiger partial charge in [0.05, 0.1) is 22.5 Å². The second-order valence-electron chi connectivity index (χ2n) is 5.17. The quantitative estimate of drug-likeness (QED) is 0.595. The van der Waals surface area contributed by atoms with Crippen LogP contribution in [-0.2, 0) is 0 Å². The average Bonchev–Trinajstić information content (AvgIpc) is 2.40. The zero-order chi connectivity index (χ0) is 18.7. The molecule has 0 heterocycles. The van der Waals surface area contributed by atoms with Gasteiger partial charge in [0.15, 0.2) is 0 Å². The van der Waals surface area contributed by atoms with E-state index in [1.54, 1.807) is 28.2 Å². The molecule has 1 aromatic rings. The molecule has 2 nitrogen and oxygen atoms in total. The van der Waals surface area contributed by atoms with Gasteiger partial charge in [-0.25, -0.2) is 0 Å². The van der Waals surface area contributed by atoms with Gasteiger partial charge in [-0.2, -0.15) is 26.3 Å². The molecule has 0 unspecified atom stereocenters. The van der Waals surface area contributed by atoms with E-state index >= 15 is 0 Å². The van der Waals surface area contributed by atoms with Crippen molar-refractivity contribution in [1.29, 1.82) is 0 Å². The molecular weight excluding hydrogens is 334 g/mol. The number of alkyl halides is 6. The largest absolute Gasteiger partial charge is 0.458 e. The first-order valence-electron chi connectivity index (χ1n) is 6.52. The van der Waals surface area contributed by atoms with Crippen molar-refractivity contribution in [2.75, 3.05) is 38.0 Å². The van der Waals surface area contributed by atoms with E-state index in [9.17, 15) is 26.3 Å². The van der Waals surface area contributed by atoms with Gasteiger partial charge < -0.3 is 9.80 Å². The molecule has 1 rings (SSSR count). The lowest BCUT2D eigenvalue weighted by atomic mass is 10.0. The number of halogens is 6. The Hall–Kier alpha value is -2.48. The number of hydrogen-bond donors (Lipinski definition) is 0. The third kappa shape index (κ3) is 5.96. The molecule has 0 atom stereocenters. The van der Waals surface area contributed by atoms with Crippen molar-refractivity contribution in [3.63, 3.8) is 0 Å². The van der Waals surface area contributed by atoms with Crippen LogP contribution < -0.4 is 9.80 Å². The molecule has 8 heteroatoms. The molecule has 0 bridgehead atoms. The molecule has 130 valence electrons. The minimum absolute atomic E-state index is 0.0404. The molecule has 0 saturated carbocycles. The van der Waals surface area contributed by atoms with E-state index in [4.69, 9.17) is 0 Å². The predicted molar refractivity (Wildman–Crippen MR) is 81.0 cm³/mol. The van der Waals surface area contributed by atoms with Gasteiger partial charge in [-0.1, -0.05) is 11.8 Å². The molecule has 0 aliphatic rings. The highest BCUT2D eigenvalue weighted by Gasteiger charge is 2.24. The van der Waals surface area contributed by atoms with Crippen LogP contribution in [0.3, 0.4) is 0 Å². The van der Waals surface area contributed by atoms with Gasteiger partial charge in [0.2, 0.25) is 0 Å². The maximum Gasteiger partial charge on any atom is 0.458 e. The summed E-state index contributed by atoms with van der Waals surface area (Å²) in [5.41, 5.74) is 0.560. The lowest BCUT2D eigenvalue weighted by Crippen LogP contribution is -2.15. The summed E-state index contributed by atoms with van der Waals surface area (Å²) in [5, 5.41) is 0. The molecule has 0 spiro atoms. The highest BCUT2D eigenvalue weighted by molar-refractivity contribution is 5.73. The zero-order valence-corrected chi connectivity index (χ0v) is 13.3. The third-order valence-corrected chi connectivity index (χ3v) is 2.76. The van der Waals surface area contributed by atoms with Crippen molar-refractivity contribution >= 4 is 11.4 Å². The van der Waals surface area contributed by atoms with Crippen molar-refractivity contribution in [3.05, 3.63) is 23.3 Å². The number of benzene rings is 1. The van der Waals surface area contributed by atoms with Crippen LogP contribution in [0.25, 0.3) is 0 Å². The third-order valence-electron chi connectivity index (χ3n) is 2.76. The van der Waals surface area contributed by atoms with Crippen LogP contribution in [0.15, 0.2) is 12.1 Å². The SMILES string of the molecule is CN(C)c1cc(C#CC(F)(F)F)c(N(C)C)cc1C#CC(F)(F)F. The van der Waals surface area contributed by atoms with Gasteiger partial charge >= 0.3 is 12.4 Å². The Kier molecular flexibility index (Phi) is 5.67. The second-order valence-corrected chi connectivity index (χ2v) is 5.17. The van der Waals surface area contributed by atoms with E-state index in [2.05, 4.69) is 0 Å². The molecule has 0 N–H and O–H groups in total. The highest BCUT2D eigenvalue weighted by atomic mass is 19.4. The van der Waals surface area contributed by atoms with Crippen molar-refractivity contribution < 1.29 is 26.3 Å². The predicted octanol–water partition coefficient (Wildman–Crippen LogP) is 3.65. The van der Waals surface area contributed by atoms with E-state index in [1.807, 2.05) is 11.8 Å². The van der Waals surface area contributed by atoms with Crippen LogP contribution in [-0.4, -0.2) is 40.5 Å². The zero-order valence-electron chi connectivity index (χ0n) is 13.3. The first kappa shape index (κ1) is 19.6. The summed E-state index contributed by atoms with van der Waals surface area (Å²) in [7, 11) is 6.18. The fourth-order valence-corrected chi connectivity index (χ4v) is 1.79. The van der Waals surface area contributed by atoms with Crippen LogP contribution in [0.2, 0.25) is 0 Å². The number of nitrogens with zero attached hydrogens (tertiary/aromatic N) is 2. The minimum Gasteiger partial charge on any atom is -0.377 e. The molecule has 0 fully saturated rings. The van der Waals surface area contributed by atoms with Crippen molar-refractivity contribution in [3.8, 4) is 23.7 Å². The fraction of sp³-hybridized carbons (Fsp3) is 0.375. The number of anilines is 2. The van der Waals surface area contributed by atoms with E-state index < -0.39 is 12.4 Å². The van der Waals surface area contributed by atoms with E-state index in [1.165, 1.54) is 21.9 Å². The first-order valence-corrected chi connectivity index (χ1v) is 6.52. The van der Waals surface area contributed by atoms with Crippen LogP contribution in [0.5, 0.6) is 0 Å². The second kappa shape index (κ2) is 6.96. The topological polar surface area (TPSA) is 6.48 Å². The number of rotatable bonds is 2. The molecule has 0 aliphatic heterocycles. The summed E-state index contributed by atoms with van der Waals surface area (Å²) in [6.45, 7) is 0. The van der Waals surface area contributed by atoms with Crippen LogP contribution >= 0.6 is 0 Å². The summed E-state index contributed by atoms with van der Waals surface area (Å²) >= 11 is 0. The van der Waals surface area contributed by atoms with Crippen molar-refractivity contribution in [2.24, 2.45) is 0 Å². The fourth-order valence-electron chi connectivity index (χ4n) is 1.79. The van der Waals surface area contributed by atoms with Crippen LogP contribution in [0.1, 0.15) is 11.1 Å². The van der Waals surface area contributed by atoms with Gasteiger partial charge in [-0.15, -0.1) is 0 Å². The van der Waals surface area contributed by atoms with Crippen LogP contribution in [0, 0.1) is 23.7 Å². The summed E-state index contributed by atoms with van der Waals surface area (Å²) in [6.07, 6.45) is -9.34.